The maximum absolute atomic E-state index is 11.3. The Balaban J connectivity index is 0. The number of carbonyl (C=O) groups is 2. The molecule has 0 aliphatic carbocycles. The topological polar surface area (TPSA) is 80.3 Å². The summed E-state index contributed by atoms with van der Waals surface area (Å²) in [6, 6.07) is 0. The van der Waals surface area contributed by atoms with Gasteiger partial charge in [-0.1, -0.05) is 78.1 Å². The zero-order valence-electron chi connectivity index (χ0n) is 22.3. The van der Waals surface area contributed by atoms with E-state index in [0.717, 1.165) is 51.4 Å². The summed E-state index contributed by atoms with van der Waals surface area (Å²) in [5.74, 6) is -2.71. The minimum absolute atomic E-state index is 0.0564. The number of carboxylic acids is 2. The first-order chi connectivity index (χ1) is 16.0. The molecule has 0 aliphatic heterocycles. The Kier molecular flexibility index (Phi) is 29.1. The van der Waals surface area contributed by atoms with Gasteiger partial charge in [0, 0.05) is 0 Å². The van der Waals surface area contributed by atoms with E-state index in [-0.39, 0.29) is 45.1 Å². The van der Waals surface area contributed by atoms with Crippen molar-refractivity contribution in [3.63, 3.8) is 0 Å². The summed E-state index contributed by atoms with van der Waals surface area (Å²) in [4.78, 5) is 22.7. The normalized spacial score (nSPS) is 11.3. The van der Waals surface area contributed by atoms with Crippen LogP contribution in [0.15, 0.2) is 11.1 Å². The van der Waals surface area contributed by atoms with E-state index in [1.807, 2.05) is 0 Å². The van der Waals surface area contributed by atoms with E-state index in [2.05, 4.69) is 27.7 Å². The summed E-state index contributed by atoms with van der Waals surface area (Å²) in [6.45, 7) is 8.87. The number of carbonyl (C=O) groups excluding carboxylic acids is 2. The van der Waals surface area contributed by atoms with Crippen LogP contribution in [0.4, 0.5) is 0 Å². The van der Waals surface area contributed by atoms with Gasteiger partial charge < -0.3 is 19.8 Å². The molecule has 0 atom stereocenters. The zero-order chi connectivity index (χ0) is 25.2. The third-order valence-corrected chi connectivity index (χ3v) is 9.87. The predicted molar refractivity (Wildman–Crippen MR) is 138 cm³/mol. The molecule has 0 fully saturated rings. The number of carboxylic acid groups (broad SMARTS) is 2. The molecule has 0 spiro atoms. The van der Waals surface area contributed by atoms with E-state index in [9.17, 15) is 19.8 Å². The molecule has 0 N–H and O–H groups in total. The van der Waals surface area contributed by atoms with Gasteiger partial charge >= 0.3 is 69.5 Å². The average Bonchev–Trinajstić information content (AvgIpc) is 2.79. The van der Waals surface area contributed by atoms with Crippen LogP contribution in [-0.2, 0) is 9.59 Å². The van der Waals surface area contributed by atoms with Crippen molar-refractivity contribution in [2.45, 2.75) is 152 Å². The van der Waals surface area contributed by atoms with E-state index in [4.69, 9.17) is 0 Å². The minimum atomic E-state index is -1.35. The fourth-order valence-electron chi connectivity index (χ4n) is 3.65. The van der Waals surface area contributed by atoms with Crippen LogP contribution in [0.25, 0.3) is 0 Å². The summed E-state index contributed by atoms with van der Waals surface area (Å²) >= 11 is 0.149. The van der Waals surface area contributed by atoms with Crippen molar-refractivity contribution in [3.05, 3.63) is 11.1 Å². The second kappa shape index (κ2) is 27.7. The molecule has 0 bridgehead atoms. The van der Waals surface area contributed by atoms with E-state index in [1.165, 1.54) is 38.5 Å². The van der Waals surface area contributed by atoms with Crippen LogP contribution in [-0.4, -0.2) is 33.1 Å². The van der Waals surface area contributed by atoms with E-state index >= 15 is 0 Å². The summed E-state index contributed by atoms with van der Waals surface area (Å²) in [5.41, 5.74) is -0.113. The Bertz CT molecular complexity index is 446. The molecule has 0 aromatic rings. The van der Waals surface area contributed by atoms with Crippen molar-refractivity contribution < 1.29 is 19.8 Å². The molecule has 0 saturated carbocycles. The number of hydrogen-bond acceptors (Lipinski definition) is 4. The maximum atomic E-state index is 11.3. The number of aliphatic carboxylic acids is 2. The fourth-order valence-corrected chi connectivity index (χ4v) is 7.80. The van der Waals surface area contributed by atoms with Gasteiger partial charge in [0.15, 0.2) is 0 Å². The predicted octanol–water partition coefficient (Wildman–Crippen LogP) is 6.41. The average molecular weight is 571 g/mol. The van der Waals surface area contributed by atoms with Gasteiger partial charge in [-0.2, -0.15) is 0 Å². The number of rotatable bonds is 22. The molecule has 0 heterocycles. The zero-order valence-corrected chi connectivity index (χ0v) is 25.1. The molecule has 0 saturated heterocycles. The molecule has 0 aromatic carbocycles. The van der Waals surface area contributed by atoms with Gasteiger partial charge in [-0.3, -0.25) is 0 Å². The van der Waals surface area contributed by atoms with Gasteiger partial charge in [0.1, 0.15) is 0 Å². The van der Waals surface area contributed by atoms with Crippen molar-refractivity contribution in [1.29, 1.82) is 0 Å². The van der Waals surface area contributed by atoms with Crippen LogP contribution in [0, 0.1) is 0 Å². The third-order valence-electron chi connectivity index (χ3n) is 5.83. The standard InChI is InChI=1S/C20H36O4.2C4H9.Sn/c1-3-5-7-9-11-13-15-17(19(21)22)18(20(23)24)16-14-12-10-8-6-4-2;2*1-3-4-2;/h3-16H2,1-2H3,(H,21,22)(H,23,24);2*1,3-4H2,2H3;/q;;;+2/p-2. The van der Waals surface area contributed by atoms with E-state index in [1.54, 1.807) is 8.87 Å². The quantitative estimate of drug-likeness (QED) is 0.0855. The number of hydrogen-bond donors (Lipinski definition) is 0. The second-order valence-corrected chi connectivity index (χ2v) is 13.3. The Morgan fingerprint density at radius 3 is 1.09 bits per heavy atom. The molecule has 0 rings (SSSR count). The fraction of sp³-hybridized carbons (Fsp3) is 0.857. The monoisotopic (exact) mass is 572 g/mol. The molecular weight excluding hydrogens is 519 g/mol. The molecule has 33 heavy (non-hydrogen) atoms. The Morgan fingerprint density at radius 1 is 0.485 bits per heavy atom. The molecule has 5 heteroatoms. The van der Waals surface area contributed by atoms with Gasteiger partial charge in [-0.15, -0.1) is 0 Å². The van der Waals surface area contributed by atoms with Crippen molar-refractivity contribution in [1.82, 2.24) is 0 Å². The van der Waals surface area contributed by atoms with Crippen LogP contribution < -0.4 is 10.2 Å². The van der Waals surface area contributed by atoms with Crippen molar-refractivity contribution in [3.8, 4) is 0 Å². The van der Waals surface area contributed by atoms with Crippen LogP contribution in [0.5, 0.6) is 0 Å². The van der Waals surface area contributed by atoms with Crippen LogP contribution >= 0.6 is 0 Å². The first kappa shape index (κ1) is 34.6. The molecule has 192 valence electrons. The van der Waals surface area contributed by atoms with Gasteiger partial charge in [0.25, 0.3) is 0 Å². The molecule has 0 radical (unpaired) electrons. The van der Waals surface area contributed by atoms with Gasteiger partial charge in [0.05, 0.1) is 11.9 Å². The SMILES string of the molecule is CCCCCCCCC(C(=O)[O-])=C(CCCCCCCC)C(=O)[O-].CCC[CH2][Sn+2][CH2]CCC. The molecule has 0 unspecified atom stereocenters. The Labute approximate surface area is 215 Å². The summed E-state index contributed by atoms with van der Waals surface area (Å²) in [5, 5.41) is 22.7. The van der Waals surface area contributed by atoms with Crippen molar-refractivity contribution >= 4 is 33.1 Å². The third kappa shape index (κ3) is 24.4. The van der Waals surface area contributed by atoms with E-state index in [0.29, 0.717) is 12.8 Å². The van der Waals surface area contributed by atoms with Crippen LogP contribution in [0.3, 0.4) is 0 Å². The van der Waals surface area contributed by atoms with Crippen LogP contribution in [0.1, 0.15) is 143 Å². The summed E-state index contributed by atoms with van der Waals surface area (Å²) in [6.07, 6.45) is 18.7. The first-order valence-electron chi connectivity index (χ1n) is 13.8. The van der Waals surface area contributed by atoms with Gasteiger partial charge in [-0.05, 0) is 36.8 Å². The molecular formula is C28H52O4Sn. The van der Waals surface area contributed by atoms with Crippen molar-refractivity contribution in [2.24, 2.45) is 0 Å². The molecule has 0 amide bonds. The number of unbranched alkanes of at least 4 members (excludes halogenated alkanes) is 12. The molecule has 0 aliphatic rings. The summed E-state index contributed by atoms with van der Waals surface area (Å²) < 4.78 is 3.25. The first-order valence-corrected chi connectivity index (χ1v) is 17.8. The second-order valence-electron chi connectivity index (χ2n) is 9.02. The van der Waals surface area contributed by atoms with E-state index < -0.39 is 11.9 Å². The van der Waals surface area contributed by atoms with Gasteiger partial charge in [0.2, 0.25) is 0 Å². The van der Waals surface area contributed by atoms with Gasteiger partial charge in [-0.25, -0.2) is 0 Å². The van der Waals surface area contributed by atoms with Crippen molar-refractivity contribution in [2.75, 3.05) is 0 Å². The molecule has 0 aromatic heterocycles. The van der Waals surface area contributed by atoms with Crippen LogP contribution in [0.2, 0.25) is 8.87 Å². The summed E-state index contributed by atoms with van der Waals surface area (Å²) in [7, 11) is 0. The molecule has 4 nitrogen and oxygen atoms in total. The Morgan fingerprint density at radius 2 is 0.788 bits per heavy atom. The Hall–Kier alpha value is -0.521.